The van der Waals surface area contributed by atoms with Crippen LogP contribution in [0.25, 0.3) is 20.5 Å². The maximum atomic E-state index is 11.3. The number of carbonyl (C=O) groups excluding carboxylic acids is 1. The Hall–Kier alpha value is -2.95. The maximum Gasteiger partial charge on any atom is 0.333 e. The van der Waals surface area contributed by atoms with Crippen LogP contribution in [0.1, 0.15) is 38.7 Å². The van der Waals surface area contributed by atoms with E-state index in [1.165, 1.54) is 31.7 Å². The molecule has 40 heavy (non-hydrogen) atoms. The zero-order chi connectivity index (χ0) is 28.9. The summed E-state index contributed by atoms with van der Waals surface area (Å²) in [6.45, 7) is 6.85. The lowest BCUT2D eigenvalue weighted by Gasteiger charge is -2.14. The van der Waals surface area contributed by atoms with Crippen molar-refractivity contribution in [2.24, 2.45) is 0 Å². The first-order valence-corrected chi connectivity index (χ1v) is 14.3. The van der Waals surface area contributed by atoms with E-state index in [0.29, 0.717) is 5.75 Å². The van der Waals surface area contributed by atoms with Crippen LogP contribution >= 0.6 is 11.3 Å². The number of rotatable bonds is 18. The molecule has 0 spiro atoms. The molecule has 0 aliphatic rings. The van der Waals surface area contributed by atoms with E-state index in [-0.39, 0.29) is 38.8 Å². The average Bonchev–Trinajstić information content (AvgIpc) is 3.37. The number of thiophene rings is 1. The number of esters is 1. The summed E-state index contributed by atoms with van der Waals surface area (Å²) in [6.07, 6.45) is 2.82. The fraction of sp³-hybridized carbons (Fsp3) is 0.452. The molecule has 0 bridgehead atoms. The summed E-state index contributed by atoms with van der Waals surface area (Å²) >= 11 is 1.67. The molecular formula is C31H40O8S. The third-order valence-corrected chi connectivity index (χ3v) is 7.21. The van der Waals surface area contributed by atoms with Gasteiger partial charge in [0.05, 0.1) is 20.3 Å². The van der Waals surface area contributed by atoms with Crippen LogP contribution in [0.15, 0.2) is 54.6 Å². The summed E-state index contributed by atoms with van der Waals surface area (Å²) in [5, 5.41) is 21.1. The fourth-order valence-corrected chi connectivity index (χ4v) is 5.04. The number of unbranched alkanes of at least 4 members (excludes halogenated alkanes) is 2. The predicted molar refractivity (Wildman–Crippen MR) is 157 cm³/mol. The van der Waals surface area contributed by atoms with E-state index in [0.717, 1.165) is 32.7 Å². The molecule has 218 valence electrons. The Bertz CT molecular complexity index is 1240. The summed E-state index contributed by atoms with van der Waals surface area (Å²) in [7, 11) is 1.71. The van der Waals surface area contributed by atoms with Crippen molar-refractivity contribution in [1.29, 1.82) is 0 Å². The van der Waals surface area contributed by atoms with Gasteiger partial charge in [-0.3, -0.25) is 0 Å². The van der Waals surface area contributed by atoms with Gasteiger partial charge >= 0.3 is 5.97 Å². The zero-order valence-electron chi connectivity index (χ0n) is 23.5. The van der Waals surface area contributed by atoms with Crippen molar-refractivity contribution in [3.05, 3.63) is 60.2 Å². The van der Waals surface area contributed by atoms with Crippen LogP contribution < -0.4 is 9.47 Å². The van der Waals surface area contributed by atoms with Gasteiger partial charge < -0.3 is 33.9 Å². The largest absolute Gasteiger partial charge is 0.496 e. The minimum atomic E-state index is -0.983. The number of hydrogen-bond donors (Lipinski definition) is 2. The molecule has 8 nitrogen and oxygen atoms in total. The lowest BCUT2D eigenvalue weighted by atomic mass is 10.0. The van der Waals surface area contributed by atoms with E-state index < -0.39 is 18.2 Å². The molecule has 0 saturated carbocycles. The van der Waals surface area contributed by atoms with Gasteiger partial charge in [-0.1, -0.05) is 32.4 Å². The third-order valence-electron chi connectivity index (χ3n) is 6.08. The average molecular weight is 573 g/mol. The van der Waals surface area contributed by atoms with Gasteiger partial charge in [-0.2, -0.15) is 0 Å². The summed E-state index contributed by atoms with van der Waals surface area (Å²) in [4.78, 5) is 12.4. The van der Waals surface area contributed by atoms with Crippen LogP contribution in [0.3, 0.4) is 0 Å². The summed E-state index contributed by atoms with van der Waals surface area (Å²) in [6, 6.07) is 14.5. The Kier molecular flexibility index (Phi) is 12.9. The molecule has 2 aromatic carbocycles. The van der Waals surface area contributed by atoms with Crippen molar-refractivity contribution in [3.63, 3.8) is 0 Å². The smallest absolute Gasteiger partial charge is 0.333 e. The standard InChI is InChI=1S/C31H40O8S/c1-5-6-7-8-22-9-12-27(28(13-22)35-4)30-14-23-10-11-26(15-29(23)40-30)38-18-24(32)16-36-20-37-17-25(33)19-39-31(34)21(2)3/h9-15,24-25,32-33H,2,5-8,16-20H2,1,3-4H3. The number of aryl methyl sites for hydroxylation is 1. The topological polar surface area (TPSA) is 104 Å². The normalized spacial score (nSPS) is 12.7. The molecule has 3 rings (SSSR count). The Morgan fingerprint density at radius 3 is 2.42 bits per heavy atom. The van der Waals surface area contributed by atoms with E-state index >= 15 is 0 Å². The van der Waals surface area contributed by atoms with E-state index in [1.807, 2.05) is 18.2 Å². The number of carbonyl (C=O) groups is 1. The second-order valence-electron chi connectivity index (χ2n) is 9.66. The molecule has 0 fully saturated rings. The second-order valence-corrected chi connectivity index (χ2v) is 10.7. The first kappa shape index (κ1) is 31.6. The number of ether oxygens (including phenoxy) is 5. The summed E-state index contributed by atoms with van der Waals surface area (Å²) in [5.74, 6) is 0.965. The highest BCUT2D eigenvalue weighted by Crippen LogP contribution is 2.40. The van der Waals surface area contributed by atoms with Crippen molar-refractivity contribution in [2.75, 3.05) is 40.3 Å². The lowest BCUT2D eigenvalue weighted by Crippen LogP contribution is -2.26. The highest BCUT2D eigenvalue weighted by molar-refractivity contribution is 7.22. The fourth-order valence-electron chi connectivity index (χ4n) is 3.92. The molecule has 1 heterocycles. The van der Waals surface area contributed by atoms with Crippen LogP contribution in [0.4, 0.5) is 0 Å². The molecular weight excluding hydrogens is 532 g/mol. The molecule has 2 N–H and O–H groups in total. The highest BCUT2D eigenvalue weighted by atomic mass is 32.1. The molecule has 3 aromatic rings. The van der Waals surface area contributed by atoms with Crippen molar-refractivity contribution >= 4 is 27.4 Å². The lowest BCUT2D eigenvalue weighted by molar-refractivity contribution is -0.145. The molecule has 1 aromatic heterocycles. The molecule has 0 aliphatic heterocycles. The predicted octanol–water partition coefficient (Wildman–Crippen LogP) is 5.52. The van der Waals surface area contributed by atoms with Gasteiger partial charge in [0.25, 0.3) is 0 Å². The second kappa shape index (κ2) is 16.3. The Morgan fingerprint density at radius 2 is 1.73 bits per heavy atom. The van der Waals surface area contributed by atoms with Gasteiger partial charge in [0, 0.05) is 20.7 Å². The monoisotopic (exact) mass is 572 g/mol. The van der Waals surface area contributed by atoms with E-state index in [9.17, 15) is 15.0 Å². The molecule has 0 radical (unpaired) electrons. The van der Waals surface area contributed by atoms with Gasteiger partial charge in [-0.25, -0.2) is 4.79 Å². The van der Waals surface area contributed by atoms with Crippen molar-refractivity contribution in [2.45, 2.75) is 51.7 Å². The third kappa shape index (κ3) is 9.91. The molecule has 9 heteroatoms. The molecule has 0 amide bonds. The van der Waals surface area contributed by atoms with Crippen LogP contribution in [0, 0.1) is 0 Å². The van der Waals surface area contributed by atoms with E-state index in [4.69, 9.17) is 23.7 Å². The first-order chi connectivity index (χ1) is 19.3. The van der Waals surface area contributed by atoms with Gasteiger partial charge in [-0.15, -0.1) is 11.3 Å². The van der Waals surface area contributed by atoms with Crippen LogP contribution in [-0.4, -0.2) is 68.7 Å². The van der Waals surface area contributed by atoms with Gasteiger partial charge in [-0.05, 0) is 67.1 Å². The summed E-state index contributed by atoms with van der Waals surface area (Å²) in [5.41, 5.74) is 2.62. The minimum absolute atomic E-state index is 0.000366. The maximum absolute atomic E-state index is 11.3. The Labute approximate surface area is 240 Å². The minimum Gasteiger partial charge on any atom is -0.496 e. The van der Waals surface area contributed by atoms with E-state index in [1.54, 1.807) is 18.4 Å². The van der Waals surface area contributed by atoms with Crippen molar-refractivity contribution in [3.8, 4) is 21.9 Å². The quantitative estimate of drug-likeness (QED) is 0.0889. The number of aliphatic hydroxyl groups excluding tert-OH is 2. The molecule has 0 saturated heterocycles. The number of benzene rings is 2. The van der Waals surface area contributed by atoms with Crippen LogP contribution in [0.2, 0.25) is 0 Å². The van der Waals surface area contributed by atoms with Crippen LogP contribution in [0.5, 0.6) is 11.5 Å². The number of fused-ring (bicyclic) bond motifs is 1. The Balaban J connectivity index is 1.44. The molecule has 2 atom stereocenters. The van der Waals surface area contributed by atoms with Gasteiger partial charge in [0.1, 0.15) is 43.7 Å². The summed E-state index contributed by atoms with van der Waals surface area (Å²) < 4.78 is 27.9. The van der Waals surface area contributed by atoms with Gasteiger partial charge in [0.15, 0.2) is 0 Å². The first-order valence-electron chi connectivity index (χ1n) is 13.5. The van der Waals surface area contributed by atoms with E-state index in [2.05, 4.69) is 37.8 Å². The molecule has 2 unspecified atom stereocenters. The van der Waals surface area contributed by atoms with Crippen molar-refractivity contribution < 1.29 is 38.7 Å². The number of methoxy groups -OCH3 is 1. The molecule has 0 aliphatic carbocycles. The van der Waals surface area contributed by atoms with Gasteiger partial charge in [0.2, 0.25) is 0 Å². The van der Waals surface area contributed by atoms with Crippen LogP contribution in [-0.2, 0) is 25.4 Å². The highest BCUT2D eigenvalue weighted by Gasteiger charge is 2.13. The number of hydrogen-bond acceptors (Lipinski definition) is 9. The Morgan fingerprint density at radius 1 is 0.975 bits per heavy atom. The number of aliphatic hydroxyl groups is 2. The van der Waals surface area contributed by atoms with Crippen molar-refractivity contribution in [1.82, 2.24) is 0 Å². The zero-order valence-corrected chi connectivity index (χ0v) is 24.3. The SMILES string of the molecule is C=C(C)C(=O)OCC(O)COCOCC(O)COc1ccc2cc(-c3ccc(CCCCC)cc3OC)sc2c1.